The van der Waals surface area contributed by atoms with Crippen LogP contribution in [-0.4, -0.2) is 31.7 Å². The van der Waals surface area contributed by atoms with E-state index in [2.05, 4.69) is 24.4 Å². The Morgan fingerprint density at radius 1 is 1.28 bits per heavy atom. The van der Waals surface area contributed by atoms with E-state index in [0.717, 1.165) is 36.4 Å². The predicted molar refractivity (Wildman–Crippen MR) is 99.5 cm³/mol. The van der Waals surface area contributed by atoms with Gasteiger partial charge in [-0.05, 0) is 44.0 Å². The second-order valence-electron chi connectivity index (χ2n) is 6.13. The average molecular weight is 360 g/mol. The van der Waals surface area contributed by atoms with Crippen LogP contribution in [0.5, 0.6) is 11.5 Å². The average Bonchev–Trinajstić information content (AvgIpc) is 3.28. The minimum Gasteiger partial charge on any atom is -0.497 e. The fourth-order valence-corrected chi connectivity index (χ4v) is 4.10. The highest BCUT2D eigenvalue weighted by Crippen LogP contribution is 2.38. The van der Waals surface area contributed by atoms with Gasteiger partial charge in [0, 0.05) is 27.9 Å². The van der Waals surface area contributed by atoms with Gasteiger partial charge < -0.3 is 19.7 Å². The van der Waals surface area contributed by atoms with Crippen molar-refractivity contribution in [3.8, 4) is 11.5 Å². The van der Waals surface area contributed by atoms with Gasteiger partial charge in [0.05, 0.1) is 26.8 Å². The van der Waals surface area contributed by atoms with Crippen LogP contribution in [0.15, 0.2) is 30.3 Å². The van der Waals surface area contributed by atoms with Crippen molar-refractivity contribution in [2.45, 2.75) is 32.4 Å². The number of nitrogens with one attached hydrogen (secondary N) is 1. The van der Waals surface area contributed by atoms with Gasteiger partial charge in [0.15, 0.2) is 0 Å². The summed E-state index contributed by atoms with van der Waals surface area (Å²) in [6.45, 7) is 3.40. The SMILES string of the molecule is COc1ccc(C2CCCN2C(=O)NCc2ccc(C)s2)c(OC)c1. The van der Waals surface area contributed by atoms with Crippen molar-refractivity contribution in [1.82, 2.24) is 10.2 Å². The zero-order valence-electron chi connectivity index (χ0n) is 14.9. The van der Waals surface area contributed by atoms with Gasteiger partial charge in [-0.2, -0.15) is 0 Å². The number of nitrogens with zero attached hydrogens (tertiary/aromatic N) is 1. The molecular formula is C19H24N2O3S. The Hall–Kier alpha value is -2.21. The second-order valence-corrected chi connectivity index (χ2v) is 7.50. The van der Waals surface area contributed by atoms with E-state index in [-0.39, 0.29) is 12.1 Å². The molecule has 134 valence electrons. The fourth-order valence-electron chi connectivity index (χ4n) is 3.27. The highest BCUT2D eigenvalue weighted by Gasteiger charge is 2.32. The number of ether oxygens (including phenoxy) is 2. The summed E-state index contributed by atoms with van der Waals surface area (Å²) in [6.07, 6.45) is 1.93. The Morgan fingerprint density at radius 2 is 2.12 bits per heavy atom. The zero-order chi connectivity index (χ0) is 17.8. The quantitative estimate of drug-likeness (QED) is 0.873. The topological polar surface area (TPSA) is 50.8 Å². The largest absolute Gasteiger partial charge is 0.497 e. The van der Waals surface area contributed by atoms with Crippen LogP contribution in [0, 0.1) is 6.92 Å². The number of rotatable bonds is 5. The van der Waals surface area contributed by atoms with E-state index in [1.807, 2.05) is 23.1 Å². The molecular weight excluding hydrogens is 336 g/mol. The smallest absolute Gasteiger partial charge is 0.318 e. The summed E-state index contributed by atoms with van der Waals surface area (Å²) < 4.78 is 10.8. The van der Waals surface area contributed by atoms with Gasteiger partial charge in [-0.15, -0.1) is 11.3 Å². The lowest BCUT2D eigenvalue weighted by atomic mass is 10.0. The molecule has 1 saturated heterocycles. The van der Waals surface area contributed by atoms with Crippen molar-refractivity contribution in [3.63, 3.8) is 0 Å². The molecule has 1 unspecified atom stereocenters. The summed E-state index contributed by atoms with van der Waals surface area (Å²) in [5, 5.41) is 3.05. The lowest BCUT2D eigenvalue weighted by Crippen LogP contribution is -2.39. The van der Waals surface area contributed by atoms with Gasteiger partial charge in [-0.1, -0.05) is 0 Å². The van der Waals surface area contributed by atoms with Gasteiger partial charge >= 0.3 is 6.03 Å². The number of thiophene rings is 1. The monoisotopic (exact) mass is 360 g/mol. The Kier molecular flexibility index (Phi) is 5.48. The lowest BCUT2D eigenvalue weighted by Gasteiger charge is -2.26. The summed E-state index contributed by atoms with van der Waals surface area (Å²) in [7, 11) is 3.28. The Bertz CT molecular complexity index is 744. The van der Waals surface area contributed by atoms with Gasteiger partial charge in [0.25, 0.3) is 0 Å². The minimum absolute atomic E-state index is 0.0218. The van der Waals surface area contributed by atoms with Crippen molar-refractivity contribution in [2.75, 3.05) is 20.8 Å². The molecule has 3 rings (SSSR count). The number of aryl methyl sites for hydroxylation is 1. The summed E-state index contributed by atoms with van der Waals surface area (Å²) in [5.41, 5.74) is 1.03. The number of likely N-dealkylation sites (tertiary alicyclic amines) is 1. The summed E-state index contributed by atoms with van der Waals surface area (Å²) in [4.78, 5) is 17.0. The van der Waals surface area contributed by atoms with Crippen LogP contribution in [0.25, 0.3) is 0 Å². The number of amides is 2. The van der Waals surface area contributed by atoms with E-state index in [4.69, 9.17) is 9.47 Å². The molecule has 1 atom stereocenters. The van der Waals surface area contributed by atoms with Crippen LogP contribution < -0.4 is 14.8 Å². The first-order valence-corrected chi connectivity index (χ1v) is 9.25. The van der Waals surface area contributed by atoms with Crippen molar-refractivity contribution >= 4 is 17.4 Å². The number of hydrogen-bond acceptors (Lipinski definition) is 4. The summed E-state index contributed by atoms with van der Waals surface area (Å²) >= 11 is 1.71. The lowest BCUT2D eigenvalue weighted by molar-refractivity contribution is 0.191. The standard InChI is InChI=1S/C19H24N2O3S/c1-13-6-8-15(25-13)12-20-19(22)21-10-4-5-17(21)16-9-7-14(23-2)11-18(16)24-3/h6-9,11,17H,4-5,10,12H2,1-3H3,(H,20,22). The van der Waals surface area contributed by atoms with Crippen LogP contribution >= 0.6 is 11.3 Å². The third-order valence-electron chi connectivity index (χ3n) is 4.52. The number of methoxy groups -OCH3 is 2. The molecule has 1 aromatic carbocycles. The second kappa shape index (κ2) is 7.78. The number of carbonyl (C=O) groups is 1. The third-order valence-corrected chi connectivity index (χ3v) is 5.52. The summed E-state index contributed by atoms with van der Waals surface area (Å²) in [6, 6.07) is 9.94. The van der Waals surface area contributed by atoms with Crippen LogP contribution in [0.2, 0.25) is 0 Å². The van der Waals surface area contributed by atoms with Gasteiger partial charge in [0.1, 0.15) is 11.5 Å². The fraction of sp³-hybridized carbons (Fsp3) is 0.421. The van der Waals surface area contributed by atoms with Crippen molar-refractivity contribution in [2.24, 2.45) is 0 Å². The molecule has 1 fully saturated rings. The molecule has 2 amide bonds. The van der Waals surface area contributed by atoms with Crippen molar-refractivity contribution in [3.05, 3.63) is 45.6 Å². The van der Waals surface area contributed by atoms with Crippen LogP contribution in [-0.2, 0) is 6.54 Å². The van der Waals surface area contributed by atoms with E-state index >= 15 is 0 Å². The Balaban J connectivity index is 1.72. The highest BCUT2D eigenvalue weighted by atomic mass is 32.1. The normalized spacial score (nSPS) is 16.8. The molecule has 2 heterocycles. The maximum atomic E-state index is 12.7. The molecule has 0 bridgehead atoms. The molecule has 0 saturated carbocycles. The first-order valence-electron chi connectivity index (χ1n) is 8.44. The van der Waals surface area contributed by atoms with Gasteiger partial charge in [-0.25, -0.2) is 4.79 Å². The third kappa shape index (κ3) is 3.90. The number of benzene rings is 1. The molecule has 1 aliphatic rings. The molecule has 2 aromatic rings. The van der Waals surface area contributed by atoms with Crippen molar-refractivity contribution < 1.29 is 14.3 Å². The molecule has 25 heavy (non-hydrogen) atoms. The number of urea groups is 1. The van der Waals surface area contributed by atoms with Crippen molar-refractivity contribution in [1.29, 1.82) is 0 Å². The first-order chi connectivity index (χ1) is 12.1. The summed E-state index contributed by atoms with van der Waals surface area (Å²) in [5.74, 6) is 1.51. The Morgan fingerprint density at radius 3 is 2.80 bits per heavy atom. The molecule has 1 aromatic heterocycles. The zero-order valence-corrected chi connectivity index (χ0v) is 15.7. The Labute approximate surface area is 152 Å². The molecule has 0 spiro atoms. The van der Waals surface area contributed by atoms with E-state index in [1.54, 1.807) is 25.6 Å². The van der Waals surface area contributed by atoms with Crippen LogP contribution in [0.4, 0.5) is 4.79 Å². The number of carbonyl (C=O) groups excluding carboxylic acids is 1. The molecule has 1 aliphatic heterocycles. The van der Waals surface area contributed by atoms with E-state index in [9.17, 15) is 4.79 Å². The van der Waals surface area contributed by atoms with E-state index < -0.39 is 0 Å². The van der Waals surface area contributed by atoms with Crippen LogP contribution in [0.3, 0.4) is 0 Å². The molecule has 6 heteroatoms. The minimum atomic E-state index is -0.0218. The molecule has 0 radical (unpaired) electrons. The van der Waals surface area contributed by atoms with Crippen LogP contribution in [0.1, 0.15) is 34.2 Å². The molecule has 1 N–H and O–H groups in total. The maximum absolute atomic E-state index is 12.7. The molecule has 5 nitrogen and oxygen atoms in total. The van der Waals surface area contributed by atoms with Gasteiger partial charge in [0.2, 0.25) is 0 Å². The first kappa shape index (κ1) is 17.6. The molecule has 0 aliphatic carbocycles. The number of hydrogen-bond donors (Lipinski definition) is 1. The van der Waals surface area contributed by atoms with Gasteiger partial charge in [-0.3, -0.25) is 0 Å². The maximum Gasteiger partial charge on any atom is 0.318 e. The highest BCUT2D eigenvalue weighted by molar-refractivity contribution is 7.11. The predicted octanol–water partition coefficient (Wildman–Crippen LogP) is 4.12. The van der Waals surface area contributed by atoms with E-state index in [0.29, 0.717) is 6.54 Å². The van der Waals surface area contributed by atoms with E-state index in [1.165, 1.54) is 9.75 Å².